The van der Waals surface area contributed by atoms with E-state index in [1.807, 2.05) is 6.07 Å². The molecule has 0 saturated heterocycles. The summed E-state index contributed by atoms with van der Waals surface area (Å²) in [6, 6.07) is 3.92. The molecule has 9 heteroatoms. The van der Waals surface area contributed by atoms with Gasteiger partial charge in [-0.2, -0.15) is 5.10 Å². The summed E-state index contributed by atoms with van der Waals surface area (Å²) < 4.78 is 27.1. The third-order valence-electron chi connectivity index (χ3n) is 2.72. The van der Waals surface area contributed by atoms with Gasteiger partial charge in [0.25, 0.3) is 0 Å². The highest BCUT2D eigenvalue weighted by Gasteiger charge is 2.17. The Bertz CT molecular complexity index is 649. The van der Waals surface area contributed by atoms with Crippen molar-refractivity contribution in [2.24, 2.45) is 0 Å². The van der Waals surface area contributed by atoms with Crippen LogP contribution in [0.4, 0.5) is 0 Å². The number of aromatic nitrogens is 3. The molecular weight excluding hydrogens is 310 g/mol. The highest BCUT2D eigenvalue weighted by Crippen LogP contribution is 2.21. The van der Waals surface area contributed by atoms with Gasteiger partial charge >= 0.3 is 0 Å². The summed E-state index contributed by atoms with van der Waals surface area (Å²) in [5.41, 5.74) is 0. The predicted molar refractivity (Wildman–Crippen MR) is 81.6 cm³/mol. The SMILES string of the molecule is CC(C)NCCc1ccc(S(=O)(=O)NCc2ncn[nH]2)s1. The first kappa shape index (κ1) is 16.1. The third-order valence-corrected chi connectivity index (χ3v) is 5.76. The van der Waals surface area contributed by atoms with Crippen molar-refractivity contribution < 1.29 is 8.42 Å². The van der Waals surface area contributed by atoms with E-state index in [-0.39, 0.29) is 6.54 Å². The number of aromatic amines is 1. The van der Waals surface area contributed by atoms with Gasteiger partial charge in [0.15, 0.2) is 0 Å². The van der Waals surface area contributed by atoms with Crippen LogP contribution in [0.25, 0.3) is 0 Å². The first-order valence-corrected chi connectivity index (χ1v) is 8.93. The van der Waals surface area contributed by atoms with Gasteiger partial charge in [-0.15, -0.1) is 11.3 Å². The Balaban J connectivity index is 1.92. The third kappa shape index (κ3) is 4.88. The lowest BCUT2D eigenvalue weighted by Gasteiger charge is -2.06. The molecule has 116 valence electrons. The molecule has 0 unspecified atom stereocenters. The molecule has 0 radical (unpaired) electrons. The summed E-state index contributed by atoms with van der Waals surface area (Å²) in [7, 11) is -3.50. The summed E-state index contributed by atoms with van der Waals surface area (Å²) in [6.45, 7) is 5.10. The topological polar surface area (TPSA) is 99.8 Å². The average Bonchev–Trinajstić information content (AvgIpc) is 3.07. The molecule has 7 nitrogen and oxygen atoms in total. The smallest absolute Gasteiger partial charge is 0.250 e. The van der Waals surface area contributed by atoms with Gasteiger partial charge in [-0.25, -0.2) is 18.1 Å². The van der Waals surface area contributed by atoms with Gasteiger partial charge in [-0.3, -0.25) is 5.10 Å². The van der Waals surface area contributed by atoms with Gasteiger partial charge in [-0.05, 0) is 18.6 Å². The van der Waals surface area contributed by atoms with Crippen molar-refractivity contribution in [1.29, 1.82) is 0 Å². The van der Waals surface area contributed by atoms with E-state index in [0.29, 0.717) is 16.1 Å². The number of hydrogen-bond donors (Lipinski definition) is 3. The molecule has 2 heterocycles. The van der Waals surface area contributed by atoms with E-state index in [2.05, 4.69) is 39.1 Å². The molecule has 0 saturated carbocycles. The number of rotatable bonds is 8. The fourth-order valence-electron chi connectivity index (χ4n) is 1.67. The second kappa shape index (κ2) is 7.12. The number of H-pyrrole nitrogens is 1. The molecule has 0 aliphatic rings. The minimum absolute atomic E-state index is 0.102. The van der Waals surface area contributed by atoms with Crippen LogP contribution < -0.4 is 10.0 Å². The van der Waals surface area contributed by atoms with E-state index < -0.39 is 10.0 Å². The van der Waals surface area contributed by atoms with Gasteiger partial charge in [0.1, 0.15) is 16.4 Å². The highest BCUT2D eigenvalue weighted by molar-refractivity contribution is 7.91. The van der Waals surface area contributed by atoms with E-state index in [1.54, 1.807) is 6.07 Å². The molecule has 2 rings (SSSR count). The molecule has 0 amide bonds. The normalized spacial score (nSPS) is 12.1. The Morgan fingerprint density at radius 3 is 2.86 bits per heavy atom. The number of nitrogens with zero attached hydrogens (tertiary/aromatic N) is 2. The monoisotopic (exact) mass is 329 g/mol. The van der Waals surface area contributed by atoms with Gasteiger partial charge in [0.2, 0.25) is 10.0 Å². The van der Waals surface area contributed by atoms with Crippen LogP contribution in [0.15, 0.2) is 22.7 Å². The second-order valence-electron chi connectivity index (χ2n) is 4.84. The van der Waals surface area contributed by atoms with Crippen LogP contribution >= 0.6 is 11.3 Å². The molecule has 0 atom stereocenters. The van der Waals surface area contributed by atoms with Crippen LogP contribution in [0.3, 0.4) is 0 Å². The van der Waals surface area contributed by atoms with E-state index in [4.69, 9.17) is 0 Å². The fourth-order valence-corrected chi connectivity index (χ4v) is 4.06. The van der Waals surface area contributed by atoms with Crippen molar-refractivity contribution in [2.75, 3.05) is 6.54 Å². The van der Waals surface area contributed by atoms with Gasteiger partial charge < -0.3 is 5.32 Å². The van der Waals surface area contributed by atoms with Crippen LogP contribution in [0.2, 0.25) is 0 Å². The van der Waals surface area contributed by atoms with E-state index in [1.165, 1.54) is 17.7 Å². The largest absolute Gasteiger partial charge is 0.314 e. The maximum Gasteiger partial charge on any atom is 0.250 e. The summed E-state index contributed by atoms with van der Waals surface area (Å²) >= 11 is 1.29. The Hall–Kier alpha value is -1.29. The minimum atomic E-state index is -3.50. The molecule has 0 bridgehead atoms. The number of sulfonamides is 1. The lowest BCUT2D eigenvalue weighted by molar-refractivity contribution is 0.581. The van der Waals surface area contributed by atoms with Crippen molar-refractivity contribution in [1.82, 2.24) is 25.2 Å². The maximum absolute atomic E-state index is 12.1. The molecule has 0 fully saturated rings. The van der Waals surface area contributed by atoms with E-state index >= 15 is 0 Å². The highest BCUT2D eigenvalue weighted by atomic mass is 32.2. The van der Waals surface area contributed by atoms with Crippen molar-refractivity contribution in [3.8, 4) is 0 Å². The average molecular weight is 329 g/mol. The number of thiophene rings is 1. The first-order valence-electron chi connectivity index (χ1n) is 6.63. The van der Waals surface area contributed by atoms with Crippen molar-refractivity contribution >= 4 is 21.4 Å². The van der Waals surface area contributed by atoms with Crippen LogP contribution in [-0.2, 0) is 23.0 Å². The van der Waals surface area contributed by atoms with Crippen LogP contribution in [0.1, 0.15) is 24.5 Å². The van der Waals surface area contributed by atoms with Crippen LogP contribution in [0.5, 0.6) is 0 Å². The second-order valence-corrected chi connectivity index (χ2v) is 8.00. The fraction of sp³-hybridized carbons (Fsp3) is 0.500. The van der Waals surface area contributed by atoms with Gasteiger partial charge in [0.05, 0.1) is 6.54 Å². The van der Waals surface area contributed by atoms with E-state index in [0.717, 1.165) is 17.8 Å². The molecule has 0 aliphatic heterocycles. The summed E-state index contributed by atoms with van der Waals surface area (Å²) in [6.07, 6.45) is 2.16. The van der Waals surface area contributed by atoms with Crippen molar-refractivity contribution in [2.45, 2.75) is 37.1 Å². The predicted octanol–water partition coefficient (Wildman–Crippen LogP) is 0.885. The summed E-state index contributed by atoms with van der Waals surface area (Å²) in [4.78, 5) is 4.92. The number of nitrogens with one attached hydrogen (secondary N) is 3. The Morgan fingerprint density at radius 2 is 2.19 bits per heavy atom. The zero-order valence-electron chi connectivity index (χ0n) is 12.0. The molecule has 2 aromatic heterocycles. The summed E-state index contributed by atoms with van der Waals surface area (Å²) in [5.74, 6) is 0.483. The maximum atomic E-state index is 12.1. The van der Waals surface area contributed by atoms with Crippen molar-refractivity contribution in [3.63, 3.8) is 0 Å². The van der Waals surface area contributed by atoms with E-state index in [9.17, 15) is 8.42 Å². The molecule has 21 heavy (non-hydrogen) atoms. The molecule has 0 aromatic carbocycles. The Kier molecular flexibility index (Phi) is 5.45. The lowest BCUT2D eigenvalue weighted by Crippen LogP contribution is -2.24. The Morgan fingerprint density at radius 1 is 1.38 bits per heavy atom. The number of hydrogen-bond acceptors (Lipinski definition) is 6. The molecular formula is C12H19N5O2S2. The van der Waals surface area contributed by atoms with Gasteiger partial charge in [0, 0.05) is 17.5 Å². The molecule has 0 aliphatic carbocycles. The van der Waals surface area contributed by atoms with Crippen molar-refractivity contribution in [3.05, 3.63) is 29.2 Å². The molecule has 0 spiro atoms. The lowest BCUT2D eigenvalue weighted by atomic mass is 10.3. The van der Waals surface area contributed by atoms with Gasteiger partial charge in [-0.1, -0.05) is 13.8 Å². The standard InChI is InChI=1S/C12H19N5O2S2/c1-9(2)13-6-5-10-3-4-12(20-10)21(18,19)16-7-11-14-8-15-17-11/h3-4,8-9,13,16H,5-7H2,1-2H3,(H,14,15,17). The summed E-state index contributed by atoms with van der Waals surface area (Å²) in [5, 5.41) is 9.59. The molecule has 2 aromatic rings. The first-order chi connectivity index (χ1) is 9.97. The zero-order valence-corrected chi connectivity index (χ0v) is 13.6. The quantitative estimate of drug-likeness (QED) is 0.668. The molecule has 3 N–H and O–H groups in total. The Labute approximate surface area is 128 Å². The van der Waals surface area contributed by atoms with Crippen LogP contribution in [0, 0.1) is 0 Å². The minimum Gasteiger partial charge on any atom is -0.314 e. The van der Waals surface area contributed by atoms with Crippen LogP contribution in [-0.4, -0.2) is 36.2 Å². The zero-order chi connectivity index (χ0) is 15.3.